The summed E-state index contributed by atoms with van der Waals surface area (Å²) in [6.07, 6.45) is 2.51. The molecule has 1 aromatic carbocycles. The first-order valence-electron chi connectivity index (χ1n) is 7.84. The van der Waals surface area contributed by atoms with E-state index in [0.29, 0.717) is 11.3 Å². The van der Waals surface area contributed by atoms with Crippen molar-refractivity contribution in [2.24, 2.45) is 5.92 Å². The van der Waals surface area contributed by atoms with E-state index in [2.05, 4.69) is 16.7 Å². The maximum absolute atomic E-state index is 12.0. The second-order valence-corrected chi connectivity index (χ2v) is 6.69. The van der Waals surface area contributed by atoms with Gasteiger partial charge < -0.3 is 15.5 Å². The van der Waals surface area contributed by atoms with Crippen LogP contribution in [-0.2, 0) is 4.74 Å². The number of nitrogens with zero attached hydrogens (tertiary/aromatic N) is 1. The largest absolute Gasteiger partial charge is 0.444 e. The van der Waals surface area contributed by atoms with Crippen molar-refractivity contribution in [1.82, 2.24) is 5.32 Å². The maximum Gasteiger partial charge on any atom is 0.412 e. The Morgan fingerprint density at radius 3 is 2.67 bits per heavy atom. The Bertz CT molecular complexity index is 706. The van der Waals surface area contributed by atoms with Gasteiger partial charge in [0.05, 0.1) is 17.3 Å². The fourth-order valence-corrected chi connectivity index (χ4v) is 2.18. The fourth-order valence-electron chi connectivity index (χ4n) is 2.18. The third-order valence-corrected chi connectivity index (χ3v) is 3.33. The van der Waals surface area contributed by atoms with E-state index in [4.69, 9.17) is 15.4 Å². The normalized spacial score (nSPS) is 14.9. The van der Waals surface area contributed by atoms with Crippen molar-refractivity contribution in [2.75, 3.05) is 5.32 Å². The van der Waals surface area contributed by atoms with Crippen LogP contribution in [0.1, 0.15) is 39.2 Å². The predicted molar refractivity (Wildman–Crippen MR) is 92.7 cm³/mol. The van der Waals surface area contributed by atoms with Crippen LogP contribution in [0.3, 0.4) is 0 Å². The molecule has 0 atom stereocenters. The summed E-state index contributed by atoms with van der Waals surface area (Å²) in [5.74, 6) is 0.266. The average Bonchev–Trinajstić information content (AvgIpc) is 3.33. The van der Waals surface area contributed by atoms with E-state index >= 15 is 0 Å². The molecule has 0 aliphatic heterocycles. The number of hydrogen-bond acceptors (Lipinski definition) is 5. The van der Waals surface area contributed by atoms with E-state index in [1.54, 1.807) is 39.0 Å². The third kappa shape index (κ3) is 5.13. The average molecular weight is 326 g/mol. The molecule has 0 unspecified atom stereocenters. The molecule has 2 rings (SSSR count). The van der Waals surface area contributed by atoms with Gasteiger partial charge >= 0.3 is 6.09 Å². The van der Waals surface area contributed by atoms with Crippen LogP contribution in [0.15, 0.2) is 35.7 Å². The van der Waals surface area contributed by atoms with Gasteiger partial charge in [-0.1, -0.05) is 6.07 Å². The van der Waals surface area contributed by atoms with Crippen LogP contribution in [0.5, 0.6) is 0 Å². The summed E-state index contributed by atoms with van der Waals surface area (Å²) >= 11 is 0. The zero-order valence-electron chi connectivity index (χ0n) is 14.1. The van der Waals surface area contributed by atoms with Gasteiger partial charge in [0.15, 0.2) is 0 Å². The number of nitrogens with one attached hydrogen (secondary N) is 3. The third-order valence-electron chi connectivity index (χ3n) is 3.33. The quantitative estimate of drug-likeness (QED) is 0.717. The number of carbonyl (C=O) groups excluding carboxylic acids is 1. The van der Waals surface area contributed by atoms with E-state index in [0.717, 1.165) is 30.4 Å². The SMILES string of the molecule is CC(C)(C)OC(=O)N/C(C=N)=C(/Nc1cccc(C#N)c1)C1CC1. The number of allylic oxidation sites excluding steroid dienone is 2. The molecule has 1 aliphatic carbocycles. The standard InChI is InChI=1S/C18H22N4O2/c1-18(2,3)24-17(23)22-15(11-20)16(13-7-8-13)21-14-6-4-5-12(9-14)10-19/h4-6,9,11,13,20-21H,7-8H2,1-3H3,(H,22,23)/b16-15+,20-11?. The van der Waals surface area contributed by atoms with E-state index in [9.17, 15) is 4.79 Å². The van der Waals surface area contributed by atoms with E-state index in [1.165, 1.54) is 0 Å². The van der Waals surface area contributed by atoms with Crippen LogP contribution in [0.4, 0.5) is 10.5 Å². The molecule has 0 bridgehead atoms. The topological polar surface area (TPSA) is 98.0 Å². The van der Waals surface area contributed by atoms with Crippen molar-refractivity contribution in [1.29, 1.82) is 10.7 Å². The molecule has 0 radical (unpaired) electrons. The molecule has 6 heteroatoms. The first-order valence-corrected chi connectivity index (χ1v) is 7.84. The Balaban J connectivity index is 2.22. The minimum atomic E-state index is -0.606. The molecule has 1 aromatic rings. The van der Waals surface area contributed by atoms with Crippen LogP contribution in [-0.4, -0.2) is 17.9 Å². The van der Waals surface area contributed by atoms with Crippen molar-refractivity contribution < 1.29 is 9.53 Å². The smallest absolute Gasteiger partial charge is 0.412 e. The zero-order chi connectivity index (χ0) is 17.7. The van der Waals surface area contributed by atoms with Crippen LogP contribution in [0, 0.1) is 22.7 Å². The molecule has 0 saturated heterocycles. The highest BCUT2D eigenvalue weighted by atomic mass is 16.6. The molecule has 1 saturated carbocycles. The van der Waals surface area contributed by atoms with Gasteiger partial charge in [-0.05, 0) is 51.8 Å². The molecule has 126 valence electrons. The summed E-state index contributed by atoms with van der Waals surface area (Å²) in [7, 11) is 0. The van der Waals surface area contributed by atoms with Crippen LogP contribution < -0.4 is 10.6 Å². The molecular formula is C18H22N4O2. The number of ether oxygens (including phenoxy) is 1. The molecule has 1 aliphatic rings. The van der Waals surface area contributed by atoms with Gasteiger partial charge in [0.2, 0.25) is 0 Å². The zero-order valence-corrected chi connectivity index (χ0v) is 14.1. The van der Waals surface area contributed by atoms with Crippen LogP contribution in [0.2, 0.25) is 0 Å². The van der Waals surface area contributed by atoms with Crippen molar-refractivity contribution >= 4 is 18.0 Å². The Kier molecular flexibility index (Phi) is 5.24. The Hall–Kier alpha value is -2.81. The second-order valence-electron chi connectivity index (χ2n) is 6.69. The number of nitriles is 1. The molecule has 24 heavy (non-hydrogen) atoms. The van der Waals surface area contributed by atoms with Crippen LogP contribution in [0.25, 0.3) is 0 Å². The lowest BCUT2D eigenvalue weighted by molar-refractivity contribution is 0.0548. The van der Waals surface area contributed by atoms with Gasteiger partial charge in [-0.25, -0.2) is 4.79 Å². The van der Waals surface area contributed by atoms with Gasteiger partial charge in [0.1, 0.15) is 5.60 Å². The van der Waals surface area contributed by atoms with Gasteiger partial charge in [0, 0.05) is 23.5 Å². The predicted octanol–water partition coefficient (Wildman–Crippen LogP) is 3.77. The number of carbonyl (C=O) groups is 1. The maximum atomic E-state index is 12.0. The molecule has 6 nitrogen and oxygen atoms in total. The lowest BCUT2D eigenvalue weighted by atomic mass is 10.2. The molecule has 1 amide bonds. The summed E-state index contributed by atoms with van der Waals surface area (Å²) in [5, 5.41) is 22.5. The van der Waals surface area contributed by atoms with Gasteiger partial charge in [-0.15, -0.1) is 0 Å². The Morgan fingerprint density at radius 1 is 1.42 bits per heavy atom. The highest BCUT2D eigenvalue weighted by Gasteiger charge is 2.29. The summed E-state index contributed by atoms with van der Waals surface area (Å²) in [5.41, 5.74) is 1.85. The number of rotatable bonds is 5. The molecule has 0 aromatic heterocycles. The van der Waals surface area contributed by atoms with Crippen molar-refractivity contribution in [3.63, 3.8) is 0 Å². The number of alkyl carbamates (subject to hydrolysis) is 1. The Morgan fingerprint density at radius 2 is 2.12 bits per heavy atom. The number of amides is 1. The minimum Gasteiger partial charge on any atom is -0.444 e. The summed E-state index contributed by atoms with van der Waals surface area (Å²) in [6.45, 7) is 5.36. The molecular weight excluding hydrogens is 304 g/mol. The number of hydrogen-bond donors (Lipinski definition) is 3. The highest BCUT2D eigenvalue weighted by molar-refractivity contribution is 5.85. The van der Waals surface area contributed by atoms with Crippen molar-refractivity contribution in [3.8, 4) is 6.07 Å². The molecule has 3 N–H and O–H groups in total. The van der Waals surface area contributed by atoms with Gasteiger partial charge in [0.25, 0.3) is 0 Å². The fraction of sp³-hybridized carbons (Fsp3) is 0.389. The summed E-state index contributed by atoms with van der Waals surface area (Å²) in [4.78, 5) is 12.0. The lowest BCUT2D eigenvalue weighted by Crippen LogP contribution is -2.33. The molecule has 0 heterocycles. The first-order chi connectivity index (χ1) is 11.3. The number of anilines is 1. The molecule has 0 spiro atoms. The van der Waals surface area contributed by atoms with Crippen molar-refractivity contribution in [3.05, 3.63) is 41.2 Å². The summed E-state index contributed by atoms with van der Waals surface area (Å²) < 4.78 is 5.25. The van der Waals surface area contributed by atoms with Gasteiger partial charge in [-0.3, -0.25) is 5.32 Å². The molecule has 1 fully saturated rings. The van der Waals surface area contributed by atoms with Crippen molar-refractivity contribution in [2.45, 2.75) is 39.2 Å². The van der Waals surface area contributed by atoms with E-state index in [-0.39, 0.29) is 5.92 Å². The first kappa shape index (κ1) is 17.5. The number of benzene rings is 1. The van der Waals surface area contributed by atoms with Gasteiger partial charge in [-0.2, -0.15) is 5.26 Å². The monoisotopic (exact) mass is 326 g/mol. The minimum absolute atomic E-state index is 0.266. The van der Waals surface area contributed by atoms with E-state index < -0.39 is 11.7 Å². The van der Waals surface area contributed by atoms with E-state index in [1.807, 2.05) is 6.07 Å². The second kappa shape index (κ2) is 7.18. The summed E-state index contributed by atoms with van der Waals surface area (Å²) in [6, 6.07) is 9.19. The van der Waals surface area contributed by atoms with Crippen LogP contribution >= 0.6 is 0 Å². The lowest BCUT2D eigenvalue weighted by Gasteiger charge is -2.21. The Labute approximate surface area is 142 Å². The highest BCUT2D eigenvalue weighted by Crippen LogP contribution is 2.38.